The fourth-order valence-corrected chi connectivity index (χ4v) is 2.79. The molecule has 1 aromatic heterocycles. The third-order valence-corrected chi connectivity index (χ3v) is 4.19. The quantitative estimate of drug-likeness (QED) is 0.583. The van der Waals surface area contributed by atoms with Gasteiger partial charge in [0.05, 0.1) is 23.4 Å². The van der Waals surface area contributed by atoms with E-state index in [1.165, 1.54) is 23.0 Å². The molecule has 9 heteroatoms. The molecule has 1 atom stereocenters. The van der Waals surface area contributed by atoms with E-state index in [1.54, 1.807) is 17.0 Å². The Bertz CT molecular complexity index is 769. The smallest absolute Gasteiger partial charge is 0.276 e. The van der Waals surface area contributed by atoms with Gasteiger partial charge in [0.2, 0.25) is 0 Å². The summed E-state index contributed by atoms with van der Waals surface area (Å²) in [7, 11) is 0. The molecule has 0 unspecified atom stereocenters. The average molecular weight is 345 g/mol. The molecule has 1 amide bonds. The minimum atomic E-state index is -0.477. The molecule has 0 aliphatic carbocycles. The molecule has 2 heterocycles. The molecule has 0 radical (unpaired) electrons. The minimum absolute atomic E-state index is 0.0442. The normalized spacial score (nSPS) is 16.8. The summed E-state index contributed by atoms with van der Waals surface area (Å²) in [6.07, 6.45) is 2.44. The molecule has 132 valence electrons. The highest BCUT2D eigenvalue weighted by Gasteiger charge is 2.24. The van der Waals surface area contributed by atoms with Crippen LogP contribution in [0.1, 0.15) is 23.8 Å². The highest BCUT2D eigenvalue weighted by molar-refractivity contribution is 5.92. The van der Waals surface area contributed by atoms with E-state index in [0.29, 0.717) is 31.3 Å². The van der Waals surface area contributed by atoms with Crippen LogP contribution in [-0.2, 0) is 4.74 Å². The Morgan fingerprint density at radius 2 is 2.36 bits per heavy atom. The first-order valence-corrected chi connectivity index (χ1v) is 8.12. The SMILES string of the molecule is CCN(C[C@H]1CCOC1)C(=O)c1cn(-c2cccc([N+](=O)[O-])c2)nn1. The summed E-state index contributed by atoms with van der Waals surface area (Å²) in [5, 5.41) is 18.7. The van der Waals surface area contributed by atoms with Crippen molar-refractivity contribution < 1.29 is 14.5 Å². The van der Waals surface area contributed by atoms with Gasteiger partial charge < -0.3 is 9.64 Å². The number of non-ortho nitro benzene ring substituents is 1. The van der Waals surface area contributed by atoms with E-state index >= 15 is 0 Å². The van der Waals surface area contributed by atoms with Crippen LogP contribution in [0.4, 0.5) is 5.69 Å². The summed E-state index contributed by atoms with van der Waals surface area (Å²) in [5.74, 6) is 0.141. The second-order valence-corrected chi connectivity index (χ2v) is 5.90. The maximum atomic E-state index is 12.6. The molecule has 0 saturated carbocycles. The molecule has 0 spiro atoms. The Balaban J connectivity index is 1.76. The number of carbonyl (C=O) groups excluding carboxylic acids is 1. The maximum Gasteiger partial charge on any atom is 0.276 e. The number of ether oxygens (including phenoxy) is 1. The van der Waals surface area contributed by atoms with Crippen molar-refractivity contribution in [3.8, 4) is 5.69 Å². The van der Waals surface area contributed by atoms with Crippen molar-refractivity contribution in [2.45, 2.75) is 13.3 Å². The van der Waals surface area contributed by atoms with Gasteiger partial charge in [0, 0.05) is 37.7 Å². The number of nitro groups is 1. The van der Waals surface area contributed by atoms with Gasteiger partial charge >= 0.3 is 0 Å². The Hall–Kier alpha value is -2.81. The number of hydrogen-bond donors (Lipinski definition) is 0. The van der Waals surface area contributed by atoms with E-state index in [0.717, 1.165) is 13.0 Å². The first-order chi connectivity index (χ1) is 12.1. The first kappa shape index (κ1) is 17.0. The number of benzene rings is 1. The second-order valence-electron chi connectivity index (χ2n) is 5.90. The molecular weight excluding hydrogens is 326 g/mol. The van der Waals surface area contributed by atoms with Crippen LogP contribution in [0.5, 0.6) is 0 Å². The standard InChI is InChI=1S/C16H19N5O4/c1-2-19(9-12-6-7-25-11-12)16(22)15-10-20(18-17-15)13-4-3-5-14(8-13)21(23)24/h3-5,8,10,12H,2,6-7,9,11H2,1H3/t12-/m1/s1. The Morgan fingerprint density at radius 1 is 1.52 bits per heavy atom. The highest BCUT2D eigenvalue weighted by atomic mass is 16.6. The van der Waals surface area contributed by atoms with Crippen LogP contribution in [-0.4, -0.2) is 57.0 Å². The Morgan fingerprint density at radius 3 is 3.04 bits per heavy atom. The number of amides is 1. The van der Waals surface area contributed by atoms with Gasteiger partial charge in [-0.25, -0.2) is 4.68 Å². The predicted molar refractivity (Wildman–Crippen MR) is 88.5 cm³/mol. The lowest BCUT2D eigenvalue weighted by molar-refractivity contribution is -0.384. The molecule has 1 fully saturated rings. The number of aromatic nitrogens is 3. The number of carbonyl (C=O) groups is 1. The maximum absolute atomic E-state index is 12.6. The summed E-state index contributed by atoms with van der Waals surface area (Å²) in [4.78, 5) is 24.8. The third kappa shape index (κ3) is 3.82. The van der Waals surface area contributed by atoms with Crippen molar-refractivity contribution >= 4 is 11.6 Å². The van der Waals surface area contributed by atoms with Gasteiger partial charge in [-0.15, -0.1) is 5.10 Å². The molecule has 3 rings (SSSR count). The van der Waals surface area contributed by atoms with Crippen LogP contribution in [0.3, 0.4) is 0 Å². The van der Waals surface area contributed by atoms with Gasteiger partial charge in [0.15, 0.2) is 5.69 Å². The van der Waals surface area contributed by atoms with Gasteiger partial charge in [0.1, 0.15) is 0 Å². The molecule has 1 aliphatic rings. The van der Waals surface area contributed by atoms with Crippen molar-refractivity contribution in [3.63, 3.8) is 0 Å². The lowest BCUT2D eigenvalue weighted by atomic mass is 10.1. The molecule has 25 heavy (non-hydrogen) atoms. The number of hydrogen-bond acceptors (Lipinski definition) is 6. The van der Waals surface area contributed by atoms with Crippen molar-refractivity contribution in [2.75, 3.05) is 26.3 Å². The molecular formula is C16H19N5O4. The fraction of sp³-hybridized carbons (Fsp3) is 0.438. The summed E-state index contributed by atoms with van der Waals surface area (Å²) in [6, 6.07) is 6.02. The van der Waals surface area contributed by atoms with Gasteiger partial charge in [-0.3, -0.25) is 14.9 Å². The van der Waals surface area contributed by atoms with Crippen LogP contribution in [0.15, 0.2) is 30.5 Å². The Kier molecular flexibility index (Phi) is 5.03. The molecule has 1 aliphatic heterocycles. The van der Waals surface area contributed by atoms with Gasteiger partial charge in [0.25, 0.3) is 11.6 Å². The van der Waals surface area contributed by atoms with E-state index in [-0.39, 0.29) is 17.3 Å². The zero-order valence-corrected chi connectivity index (χ0v) is 13.9. The Labute approximate surface area is 144 Å². The summed E-state index contributed by atoms with van der Waals surface area (Å²) in [6.45, 7) is 4.51. The average Bonchev–Trinajstić information content (AvgIpc) is 3.31. The highest BCUT2D eigenvalue weighted by Crippen LogP contribution is 2.18. The van der Waals surface area contributed by atoms with E-state index < -0.39 is 4.92 Å². The van der Waals surface area contributed by atoms with Crippen molar-refractivity contribution in [3.05, 3.63) is 46.3 Å². The molecule has 1 aromatic carbocycles. The number of rotatable bonds is 6. The summed E-state index contributed by atoms with van der Waals surface area (Å²) >= 11 is 0. The van der Waals surface area contributed by atoms with E-state index in [2.05, 4.69) is 10.3 Å². The van der Waals surface area contributed by atoms with Crippen molar-refractivity contribution in [1.29, 1.82) is 0 Å². The molecule has 0 bridgehead atoms. The van der Waals surface area contributed by atoms with E-state index in [4.69, 9.17) is 4.74 Å². The molecule has 1 saturated heterocycles. The van der Waals surface area contributed by atoms with E-state index in [1.807, 2.05) is 6.92 Å². The largest absolute Gasteiger partial charge is 0.381 e. The third-order valence-electron chi connectivity index (χ3n) is 4.19. The number of nitrogens with zero attached hydrogens (tertiary/aromatic N) is 5. The summed E-state index contributed by atoms with van der Waals surface area (Å²) in [5.41, 5.74) is 0.651. The zero-order valence-electron chi connectivity index (χ0n) is 13.9. The van der Waals surface area contributed by atoms with E-state index in [9.17, 15) is 14.9 Å². The van der Waals surface area contributed by atoms with Crippen molar-refractivity contribution in [2.24, 2.45) is 5.92 Å². The molecule has 0 N–H and O–H groups in total. The fourth-order valence-electron chi connectivity index (χ4n) is 2.79. The zero-order chi connectivity index (χ0) is 17.8. The summed E-state index contributed by atoms with van der Waals surface area (Å²) < 4.78 is 6.72. The van der Waals surface area contributed by atoms with Crippen LogP contribution >= 0.6 is 0 Å². The first-order valence-electron chi connectivity index (χ1n) is 8.12. The predicted octanol–water partition coefficient (Wildman–Crippen LogP) is 1.67. The molecule has 2 aromatic rings. The number of nitro benzene ring substituents is 1. The van der Waals surface area contributed by atoms with Crippen LogP contribution in [0.25, 0.3) is 5.69 Å². The topological polar surface area (TPSA) is 103 Å². The monoisotopic (exact) mass is 345 g/mol. The van der Waals surface area contributed by atoms with Crippen molar-refractivity contribution in [1.82, 2.24) is 19.9 Å². The van der Waals surface area contributed by atoms with Gasteiger partial charge in [-0.2, -0.15) is 0 Å². The van der Waals surface area contributed by atoms with Crippen LogP contribution in [0, 0.1) is 16.0 Å². The van der Waals surface area contributed by atoms with Crippen LogP contribution in [0.2, 0.25) is 0 Å². The minimum Gasteiger partial charge on any atom is -0.381 e. The van der Waals surface area contributed by atoms with Gasteiger partial charge in [-0.1, -0.05) is 11.3 Å². The lowest BCUT2D eigenvalue weighted by Crippen LogP contribution is -2.35. The van der Waals surface area contributed by atoms with Gasteiger partial charge in [-0.05, 0) is 19.4 Å². The van der Waals surface area contributed by atoms with Crippen LogP contribution < -0.4 is 0 Å². The second kappa shape index (κ2) is 7.39. The lowest BCUT2D eigenvalue weighted by Gasteiger charge is -2.22. The molecule has 9 nitrogen and oxygen atoms in total.